The van der Waals surface area contributed by atoms with Gasteiger partial charge in [-0.15, -0.1) is 0 Å². The number of hydrogen-bond acceptors (Lipinski definition) is 2. The largest absolute Gasteiger partial charge is 0.416 e. The van der Waals surface area contributed by atoms with E-state index in [0.29, 0.717) is 17.8 Å². The van der Waals surface area contributed by atoms with Gasteiger partial charge in [-0.25, -0.2) is 0 Å². The molecule has 0 atom stereocenters. The third-order valence-electron chi connectivity index (χ3n) is 2.18. The van der Waals surface area contributed by atoms with Gasteiger partial charge < -0.3 is 5.73 Å². The van der Waals surface area contributed by atoms with Crippen molar-refractivity contribution < 1.29 is 13.2 Å². The quantitative estimate of drug-likeness (QED) is 0.828. The lowest BCUT2D eigenvalue weighted by atomic mass is 10.0. The lowest BCUT2D eigenvalue weighted by Crippen LogP contribution is -2.16. The van der Waals surface area contributed by atoms with Gasteiger partial charge in [0, 0.05) is 17.9 Å². The van der Waals surface area contributed by atoms with Crippen LogP contribution in [0, 0.1) is 6.92 Å². The molecule has 0 aliphatic heterocycles. The van der Waals surface area contributed by atoms with Gasteiger partial charge in [-0.3, -0.25) is 4.98 Å². The van der Waals surface area contributed by atoms with E-state index in [1.165, 1.54) is 0 Å². The number of aryl methyl sites for hydroxylation is 2. The molecule has 0 spiro atoms. The molecule has 5 heteroatoms. The number of aromatic nitrogens is 1. The Morgan fingerprint density at radius 3 is 2.40 bits per heavy atom. The first-order valence-electron chi connectivity index (χ1n) is 4.66. The molecule has 1 aromatic heterocycles. The molecule has 0 aromatic carbocycles. The standard InChI is InChI=1S/C10H13F3N2/c1-3-9-7(5-14)8(10(11,12)13)4-6(2)15-9/h4H,3,5,14H2,1-2H3. The Morgan fingerprint density at radius 1 is 1.40 bits per heavy atom. The SMILES string of the molecule is CCc1nc(C)cc(C(F)(F)F)c1CN. The minimum atomic E-state index is -4.35. The van der Waals surface area contributed by atoms with Gasteiger partial charge in [-0.1, -0.05) is 6.92 Å². The van der Waals surface area contributed by atoms with Crippen LogP contribution in [0.5, 0.6) is 0 Å². The second-order valence-corrected chi connectivity index (χ2v) is 3.29. The monoisotopic (exact) mass is 218 g/mol. The van der Waals surface area contributed by atoms with Gasteiger partial charge in [0.25, 0.3) is 0 Å². The van der Waals surface area contributed by atoms with Crippen LogP contribution < -0.4 is 5.73 Å². The zero-order valence-corrected chi connectivity index (χ0v) is 8.65. The van der Waals surface area contributed by atoms with Crippen LogP contribution in [-0.4, -0.2) is 4.98 Å². The molecule has 1 rings (SSSR count). The molecule has 0 amide bonds. The van der Waals surface area contributed by atoms with Crippen molar-refractivity contribution in [3.63, 3.8) is 0 Å². The first kappa shape index (κ1) is 12.0. The number of halogens is 3. The van der Waals surface area contributed by atoms with Crippen molar-refractivity contribution >= 4 is 0 Å². The summed E-state index contributed by atoms with van der Waals surface area (Å²) < 4.78 is 37.9. The highest BCUT2D eigenvalue weighted by Gasteiger charge is 2.34. The second kappa shape index (κ2) is 4.18. The van der Waals surface area contributed by atoms with E-state index < -0.39 is 11.7 Å². The predicted octanol–water partition coefficient (Wildman–Crippen LogP) is 2.43. The fraction of sp³-hybridized carbons (Fsp3) is 0.500. The fourth-order valence-corrected chi connectivity index (χ4v) is 1.54. The minimum Gasteiger partial charge on any atom is -0.326 e. The van der Waals surface area contributed by atoms with Crippen LogP contribution >= 0.6 is 0 Å². The van der Waals surface area contributed by atoms with E-state index in [-0.39, 0.29) is 12.1 Å². The molecule has 2 nitrogen and oxygen atoms in total. The molecule has 0 saturated heterocycles. The normalized spacial score (nSPS) is 11.9. The van der Waals surface area contributed by atoms with Gasteiger partial charge in [-0.2, -0.15) is 13.2 Å². The molecule has 0 bridgehead atoms. The summed E-state index contributed by atoms with van der Waals surface area (Å²) in [5, 5.41) is 0. The van der Waals surface area contributed by atoms with Gasteiger partial charge in [0.2, 0.25) is 0 Å². The smallest absolute Gasteiger partial charge is 0.326 e. The first-order chi connectivity index (χ1) is 6.90. The number of nitrogens with zero attached hydrogens (tertiary/aromatic N) is 1. The lowest BCUT2D eigenvalue weighted by molar-refractivity contribution is -0.138. The topological polar surface area (TPSA) is 38.9 Å². The minimum absolute atomic E-state index is 0.107. The Bertz CT molecular complexity index is 358. The maximum absolute atomic E-state index is 12.6. The van der Waals surface area contributed by atoms with E-state index in [2.05, 4.69) is 4.98 Å². The summed E-state index contributed by atoms with van der Waals surface area (Å²) in [6.07, 6.45) is -3.90. The van der Waals surface area contributed by atoms with Crippen molar-refractivity contribution in [1.29, 1.82) is 0 Å². The van der Waals surface area contributed by atoms with Gasteiger partial charge in [0.15, 0.2) is 0 Å². The summed E-state index contributed by atoms with van der Waals surface area (Å²) >= 11 is 0. The summed E-state index contributed by atoms with van der Waals surface area (Å²) in [5.74, 6) is 0. The molecule has 0 radical (unpaired) electrons. The van der Waals surface area contributed by atoms with Crippen LogP contribution in [0.25, 0.3) is 0 Å². The molecule has 15 heavy (non-hydrogen) atoms. The zero-order chi connectivity index (χ0) is 11.6. The number of pyridine rings is 1. The highest BCUT2D eigenvalue weighted by molar-refractivity contribution is 5.34. The Morgan fingerprint density at radius 2 is 2.00 bits per heavy atom. The molecule has 2 N–H and O–H groups in total. The molecule has 0 unspecified atom stereocenters. The van der Waals surface area contributed by atoms with E-state index in [1.807, 2.05) is 0 Å². The molecule has 1 heterocycles. The van der Waals surface area contributed by atoms with Gasteiger partial charge in [0.05, 0.1) is 5.56 Å². The molecule has 0 aliphatic carbocycles. The maximum Gasteiger partial charge on any atom is 0.416 e. The summed E-state index contributed by atoms with van der Waals surface area (Å²) in [6.45, 7) is 3.18. The van der Waals surface area contributed by atoms with E-state index in [1.54, 1.807) is 13.8 Å². The van der Waals surface area contributed by atoms with Crippen molar-refractivity contribution in [2.75, 3.05) is 0 Å². The Hall–Kier alpha value is -1.10. The fourth-order valence-electron chi connectivity index (χ4n) is 1.54. The third-order valence-corrected chi connectivity index (χ3v) is 2.18. The van der Waals surface area contributed by atoms with E-state index in [4.69, 9.17) is 5.73 Å². The summed E-state index contributed by atoms with van der Waals surface area (Å²) in [6, 6.07) is 1.04. The molecule has 0 fully saturated rings. The molecule has 0 aliphatic rings. The van der Waals surface area contributed by atoms with Crippen molar-refractivity contribution in [1.82, 2.24) is 4.98 Å². The Labute approximate surface area is 86.3 Å². The Balaban J connectivity index is 3.42. The second-order valence-electron chi connectivity index (χ2n) is 3.29. The molecular weight excluding hydrogens is 205 g/mol. The Kier molecular flexibility index (Phi) is 3.34. The average molecular weight is 218 g/mol. The number of hydrogen-bond donors (Lipinski definition) is 1. The maximum atomic E-state index is 12.6. The summed E-state index contributed by atoms with van der Waals surface area (Å²) in [7, 11) is 0. The lowest BCUT2D eigenvalue weighted by Gasteiger charge is -2.15. The molecule has 1 aromatic rings. The highest BCUT2D eigenvalue weighted by Crippen LogP contribution is 2.33. The number of alkyl halides is 3. The van der Waals surface area contributed by atoms with Crippen LogP contribution in [0.3, 0.4) is 0 Å². The summed E-state index contributed by atoms with van der Waals surface area (Å²) in [5.41, 5.74) is 5.59. The van der Waals surface area contributed by atoms with Crippen LogP contribution in [0.2, 0.25) is 0 Å². The molecule has 0 saturated carbocycles. The van der Waals surface area contributed by atoms with E-state index in [9.17, 15) is 13.2 Å². The molecular formula is C10H13F3N2. The van der Waals surface area contributed by atoms with Gasteiger partial charge in [0.1, 0.15) is 0 Å². The zero-order valence-electron chi connectivity index (χ0n) is 8.65. The third kappa shape index (κ3) is 2.47. The average Bonchev–Trinajstić information content (AvgIpc) is 2.15. The summed E-state index contributed by atoms with van der Waals surface area (Å²) in [4.78, 5) is 4.06. The van der Waals surface area contributed by atoms with E-state index in [0.717, 1.165) is 6.07 Å². The van der Waals surface area contributed by atoms with Gasteiger partial charge >= 0.3 is 6.18 Å². The van der Waals surface area contributed by atoms with Crippen LogP contribution in [0.15, 0.2) is 6.07 Å². The van der Waals surface area contributed by atoms with Crippen LogP contribution in [0.4, 0.5) is 13.2 Å². The van der Waals surface area contributed by atoms with Gasteiger partial charge in [-0.05, 0) is 25.0 Å². The number of nitrogens with two attached hydrogens (primary N) is 1. The highest BCUT2D eigenvalue weighted by atomic mass is 19.4. The van der Waals surface area contributed by atoms with E-state index >= 15 is 0 Å². The van der Waals surface area contributed by atoms with Crippen LogP contribution in [0.1, 0.15) is 29.4 Å². The van der Waals surface area contributed by atoms with Crippen molar-refractivity contribution in [2.24, 2.45) is 5.73 Å². The molecule has 84 valence electrons. The van der Waals surface area contributed by atoms with Crippen LogP contribution in [-0.2, 0) is 19.1 Å². The number of rotatable bonds is 2. The first-order valence-corrected chi connectivity index (χ1v) is 4.66. The van der Waals surface area contributed by atoms with Crippen molar-refractivity contribution in [2.45, 2.75) is 33.0 Å². The van der Waals surface area contributed by atoms with Crippen molar-refractivity contribution in [3.05, 3.63) is 28.6 Å². The predicted molar refractivity (Wildman–Crippen MR) is 51.2 cm³/mol. The van der Waals surface area contributed by atoms with Crippen molar-refractivity contribution in [3.8, 4) is 0 Å².